The van der Waals surface area contributed by atoms with E-state index in [4.69, 9.17) is 17.3 Å². The molecule has 1 aromatic carbocycles. The third kappa shape index (κ3) is 3.54. The molecule has 0 aliphatic rings. The molecule has 5 heteroatoms. The zero-order valence-electron chi connectivity index (χ0n) is 11.3. The average molecular weight is 294 g/mol. The number of rotatable bonds is 5. The Bertz CT molecular complexity index is 562. The zero-order valence-corrected chi connectivity index (χ0v) is 12.0. The molecule has 2 N–H and O–H groups in total. The average Bonchev–Trinajstić information content (AvgIpc) is 2.43. The number of halogens is 2. The van der Waals surface area contributed by atoms with Gasteiger partial charge in [-0.2, -0.15) is 0 Å². The van der Waals surface area contributed by atoms with Crippen molar-refractivity contribution >= 4 is 11.6 Å². The quantitative estimate of drug-likeness (QED) is 0.921. The molecule has 20 heavy (non-hydrogen) atoms. The molecule has 0 radical (unpaired) electrons. The summed E-state index contributed by atoms with van der Waals surface area (Å²) >= 11 is 5.78. The van der Waals surface area contributed by atoms with Crippen LogP contribution in [0.15, 0.2) is 42.7 Å². The molecule has 0 amide bonds. The summed E-state index contributed by atoms with van der Waals surface area (Å²) < 4.78 is 14.0. The lowest BCUT2D eigenvalue weighted by Crippen LogP contribution is -2.30. The van der Waals surface area contributed by atoms with E-state index in [-0.39, 0.29) is 11.9 Å². The molecule has 0 fully saturated rings. The Morgan fingerprint density at radius 1 is 1.30 bits per heavy atom. The van der Waals surface area contributed by atoms with Crippen molar-refractivity contribution in [2.75, 3.05) is 13.6 Å². The molecule has 1 atom stereocenters. The maximum absolute atomic E-state index is 14.0. The molecule has 0 saturated carbocycles. The maximum atomic E-state index is 14.0. The lowest BCUT2D eigenvalue weighted by Gasteiger charge is -2.27. The van der Waals surface area contributed by atoms with Crippen molar-refractivity contribution in [1.82, 2.24) is 9.88 Å². The predicted octanol–water partition coefficient (Wildman–Crippen LogP) is 3.01. The van der Waals surface area contributed by atoms with Crippen LogP contribution in [0.3, 0.4) is 0 Å². The first-order valence-corrected chi connectivity index (χ1v) is 6.73. The van der Waals surface area contributed by atoms with Crippen LogP contribution in [0.5, 0.6) is 0 Å². The topological polar surface area (TPSA) is 42.2 Å². The van der Waals surface area contributed by atoms with Crippen LogP contribution in [0.4, 0.5) is 4.39 Å². The van der Waals surface area contributed by atoms with E-state index < -0.39 is 0 Å². The van der Waals surface area contributed by atoms with Crippen molar-refractivity contribution < 1.29 is 4.39 Å². The molecule has 2 aromatic rings. The molecule has 0 spiro atoms. The number of nitrogens with zero attached hydrogens (tertiary/aromatic N) is 2. The van der Waals surface area contributed by atoms with E-state index in [1.54, 1.807) is 24.5 Å². The van der Waals surface area contributed by atoms with E-state index in [1.807, 2.05) is 24.1 Å². The van der Waals surface area contributed by atoms with Gasteiger partial charge < -0.3 is 5.73 Å². The van der Waals surface area contributed by atoms with Crippen LogP contribution in [-0.2, 0) is 6.54 Å². The van der Waals surface area contributed by atoms with Crippen molar-refractivity contribution in [3.8, 4) is 0 Å². The zero-order chi connectivity index (χ0) is 14.5. The Labute approximate surface area is 123 Å². The van der Waals surface area contributed by atoms with E-state index in [2.05, 4.69) is 4.98 Å². The number of likely N-dealkylation sites (N-methyl/N-ethyl adjacent to an activating group) is 1. The van der Waals surface area contributed by atoms with E-state index in [0.717, 1.165) is 5.56 Å². The SMILES string of the molecule is CN(Cc1ccncc1)C(CN)c1ccc(Cl)cc1F. The normalized spacial score (nSPS) is 12.7. The minimum absolute atomic E-state index is 0.194. The van der Waals surface area contributed by atoms with Gasteiger partial charge in [0.15, 0.2) is 0 Å². The minimum Gasteiger partial charge on any atom is -0.329 e. The van der Waals surface area contributed by atoms with E-state index >= 15 is 0 Å². The van der Waals surface area contributed by atoms with Gasteiger partial charge in [-0.1, -0.05) is 17.7 Å². The van der Waals surface area contributed by atoms with E-state index in [1.165, 1.54) is 6.07 Å². The fraction of sp³-hybridized carbons (Fsp3) is 0.267. The Hall–Kier alpha value is -1.49. The molecular weight excluding hydrogens is 277 g/mol. The van der Waals surface area contributed by atoms with Crippen molar-refractivity contribution in [3.05, 3.63) is 64.7 Å². The summed E-state index contributed by atoms with van der Waals surface area (Å²) in [6.07, 6.45) is 3.48. The molecule has 106 valence electrons. The van der Waals surface area contributed by atoms with Gasteiger partial charge in [0.25, 0.3) is 0 Å². The highest BCUT2D eigenvalue weighted by atomic mass is 35.5. The summed E-state index contributed by atoms with van der Waals surface area (Å²) in [5, 5.41) is 0.388. The predicted molar refractivity (Wildman–Crippen MR) is 78.9 cm³/mol. The van der Waals surface area contributed by atoms with Crippen molar-refractivity contribution in [1.29, 1.82) is 0 Å². The van der Waals surface area contributed by atoms with Gasteiger partial charge >= 0.3 is 0 Å². The molecule has 1 aromatic heterocycles. The van der Waals surface area contributed by atoms with Gasteiger partial charge in [-0.3, -0.25) is 9.88 Å². The van der Waals surface area contributed by atoms with Gasteiger partial charge in [-0.25, -0.2) is 4.39 Å². The van der Waals surface area contributed by atoms with E-state index in [0.29, 0.717) is 23.7 Å². The number of benzene rings is 1. The Kier molecular flexibility index (Phi) is 5.06. The first-order chi connectivity index (χ1) is 9.61. The summed E-state index contributed by atoms with van der Waals surface area (Å²) in [6.45, 7) is 1.01. The molecule has 0 bridgehead atoms. The highest BCUT2D eigenvalue weighted by Crippen LogP contribution is 2.25. The van der Waals surface area contributed by atoms with E-state index in [9.17, 15) is 4.39 Å². The fourth-order valence-corrected chi connectivity index (χ4v) is 2.36. The number of pyridine rings is 1. The lowest BCUT2D eigenvalue weighted by molar-refractivity contribution is 0.236. The largest absolute Gasteiger partial charge is 0.329 e. The van der Waals surface area contributed by atoms with Gasteiger partial charge in [-0.15, -0.1) is 0 Å². The van der Waals surface area contributed by atoms with Gasteiger partial charge in [0.1, 0.15) is 5.82 Å². The van der Waals surface area contributed by atoms with Crippen LogP contribution in [-0.4, -0.2) is 23.5 Å². The van der Waals surface area contributed by atoms with Crippen LogP contribution in [0, 0.1) is 5.82 Å². The minimum atomic E-state index is -0.325. The van der Waals surface area contributed by atoms with Gasteiger partial charge in [-0.05, 0) is 36.9 Å². The Morgan fingerprint density at radius 3 is 2.60 bits per heavy atom. The summed E-state index contributed by atoms with van der Waals surface area (Å²) in [5.41, 5.74) is 7.48. The molecule has 0 saturated heterocycles. The van der Waals surface area contributed by atoms with Crippen molar-refractivity contribution in [2.24, 2.45) is 5.73 Å². The van der Waals surface area contributed by atoms with Crippen LogP contribution in [0.25, 0.3) is 0 Å². The number of nitrogens with two attached hydrogens (primary N) is 1. The smallest absolute Gasteiger partial charge is 0.129 e. The highest BCUT2D eigenvalue weighted by molar-refractivity contribution is 6.30. The number of hydrogen-bond donors (Lipinski definition) is 1. The molecular formula is C15H17ClFN3. The standard InChI is InChI=1S/C15H17ClFN3/c1-20(10-11-4-6-19-7-5-11)15(9-18)13-3-2-12(16)8-14(13)17/h2-8,15H,9-10,18H2,1H3. The molecule has 1 unspecified atom stereocenters. The summed E-state index contributed by atoms with van der Waals surface area (Å²) in [6, 6.07) is 8.37. The molecule has 0 aliphatic heterocycles. The second-order valence-electron chi connectivity index (χ2n) is 4.69. The number of hydrogen-bond acceptors (Lipinski definition) is 3. The Morgan fingerprint density at radius 2 is 2.00 bits per heavy atom. The monoisotopic (exact) mass is 293 g/mol. The second-order valence-corrected chi connectivity index (χ2v) is 5.12. The maximum Gasteiger partial charge on any atom is 0.129 e. The summed E-state index contributed by atoms with van der Waals surface area (Å²) in [5.74, 6) is -0.325. The van der Waals surface area contributed by atoms with Crippen LogP contribution < -0.4 is 5.73 Å². The van der Waals surface area contributed by atoms with Gasteiger partial charge in [0, 0.05) is 42.1 Å². The van der Waals surface area contributed by atoms with Crippen molar-refractivity contribution in [2.45, 2.75) is 12.6 Å². The fourth-order valence-electron chi connectivity index (χ4n) is 2.20. The molecule has 1 heterocycles. The van der Waals surface area contributed by atoms with Crippen LogP contribution in [0.1, 0.15) is 17.2 Å². The lowest BCUT2D eigenvalue weighted by atomic mass is 10.0. The molecule has 0 aliphatic carbocycles. The van der Waals surface area contributed by atoms with Crippen molar-refractivity contribution in [3.63, 3.8) is 0 Å². The molecule has 3 nitrogen and oxygen atoms in total. The third-order valence-electron chi connectivity index (χ3n) is 3.26. The first-order valence-electron chi connectivity index (χ1n) is 6.36. The Balaban J connectivity index is 2.19. The third-order valence-corrected chi connectivity index (χ3v) is 3.49. The first kappa shape index (κ1) is 14.9. The highest BCUT2D eigenvalue weighted by Gasteiger charge is 2.19. The second kappa shape index (κ2) is 6.79. The molecule has 2 rings (SSSR count). The van der Waals surface area contributed by atoms with Crippen LogP contribution >= 0.6 is 11.6 Å². The van der Waals surface area contributed by atoms with Crippen LogP contribution in [0.2, 0.25) is 5.02 Å². The van der Waals surface area contributed by atoms with Gasteiger partial charge in [0.2, 0.25) is 0 Å². The number of aromatic nitrogens is 1. The van der Waals surface area contributed by atoms with Gasteiger partial charge in [0.05, 0.1) is 0 Å². The summed E-state index contributed by atoms with van der Waals surface area (Å²) in [4.78, 5) is 6.00. The summed E-state index contributed by atoms with van der Waals surface area (Å²) in [7, 11) is 1.92.